The molecule has 0 aromatic heterocycles. The summed E-state index contributed by atoms with van der Waals surface area (Å²) in [6.45, 7) is 2.01. The van der Waals surface area contributed by atoms with Crippen LogP contribution in [0.1, 0.15) is 21.5 Å². The topological polar surface area (TPSA) is 87.7 Å². The van der Waals surface area contributed by atoms with E-state index in [1.807, 2.05) is 49.4 Å². The Balaban J connectivity index is 1.52. The van der Waals surface area contributed by atoms with Gasteiger partial charge in [0.05, 0.1) is 12.1 Å². The lowest BCUT2D eigenvalue weighted by atomic mass is 10.2. The van der Waals surface area contributed by atoms with E-state index in [-0.39, 0.29) is 36.3 Å². The molecule has 170 valence electrons. The van der Waals surface area contributed by atoms with Crippen molar-refractivity contribution in [3.8, 4) is 5.75 Å². The lowest BCUT2D eigenvalue weighted by Crippen LogP contribution is -2.38. The molecule has 0 aliphatic carbocycles. The number of likely N-dealkylation sites (N-methyl/N-ethyl adjacent to an activating group) is 1. The van der Waals surface area contributed by atoms with Crippen LogP contribution in [-0.4, -0.2) is 42.8 Å². The van der Waals surface area contributed by atoms with Gasteiger partial charge in [0.2, 0.25) is 5.91 Å². The molecule has 0 unspecified atom stereocenters. The van der Waals surface area contributed by atoms with E-state index in [4.69, 9.17) is 4.74 Å². The third-order valence-corrected chi connectivity index (χ3v) is 4.91. The molecule has 2 N–H and O–H groups in total. The zero-order valence-corrected chi connectivity index (χ0v) is 18.7. The van der Waals surface area contributed by atoms with E-state index in [0.717, 1.165) is 11.1 Å². The van der Waals surface area contributed by atoms with Crippen molar-refractivity contribution in [2.75, 3.05) is 25.5 Å². The number of anilines is 1. The monoisotopic (exact) mass is 445 g/mol. The van der Waals surface area contributed by atoms with E-state index in [1.165, 1.54) is 0 Å². The number of amides is 3. The second kappa shape index (κ2) is 11.5. The first kappa shape index (κ1) is 23.5. The lowest BCUT2D eigenvalue weighted by Gasteiger charge is -2.18. The number of para-hydroxylation sites is 1. The molecule has 0 aliphatic rings. The summed E-state index contributed by atoms with van der Waals surface area (Å²) in [5.41, 5.74) is 3.01. The fraction of sp³-hybridized carbons (Fsp3) is 0.192. The molecule has 0 fully saturated rings. The van der Waals surface area contributed by atoms with Crippen molar-refractivity contribution in [1.82, 2.24) is 10.2 Å². The van der Waals surface area contributed by atoms with E-state index in [0.29, 0.717) is 12.2 Å². The van der Waals surface area contributed by atoms with Crippen molar-refractivity contribution in [2.45, 2.75) is 13.5 Å². The minimum atomic E-state index is -0.453. The molecule has 3 rings (SSSR count). The Kier molecular flexibility index (Phi) is 8.18. The highest BCUT2D eigenvalue weighted by Gasteiger charge is 2.16. The molecule has 3 aromatic carbocycles. The highest BCUT2D eigenvalue weighted by Crippen LogP contribution is 2.18. The van der Waals surface area contributed by atoms with Gasteiger partial charge in [-0.3, -0.25) is 14.4 Å². The summed E-state index contributed by atoms with van der Waals surface area (Å²) in [5.74, 6) is -0.750. The average molecular weight is 446 g/mol. The number of aryl methyl sites for hydroxylation is 1. The van der Waals surface area contributed by atoms with Gasteiger partial charge in [-0.25, -0.2) is 0 Å². The van der Waals surface area contributed by atoms with Crippen LogP contribution in [0.25, 0.3) is 0 Å². The summed E-state index contributed by atoms with van der Waals surface area (Å²) in [5, 5.41) is 5.37. The van der Waals surface area contributed by atoms with Crippen molar-refractivity contribution in [3.63, 3.8) is 0 Å². The van der Waals surface area contributed by atoms with Crippen LogP contribution in [0.3, 0.4) is 0 Å². The van der Waals surface area contributed by atoms with E-state index in [9.17, 15) is 14.4 Å². The van der Waals surface area contributed by atoms with Crippen LogP contribution in [0.5, 0.6) is 5.75 Å². The summed E-state index contributed by atoms with van der Waals surface area (Å²) in [6.07, 6.45) is 0. The first-order chi connectivity index (χ1) is 15.9. The van der Waals surface area contributed by atoms with Crippen molar-refractivity contribution >= 4 is 23.4 Å². The summed E-state index contributed by atoms with van der Waals surface area (Å²) < 4.78 is 5.58. The normalized spacial score (nSPS) is 10.2. The molecule has 0 saturated carbocycles. The molecule has 0 aliphatic heterocycles. The SMILES string of the molecule is Cc1ccc(NC(=O)COc2ccccc2C(=O)NCC(=O)N(C)Cc2ccccc2)cc1. The van der Waals surface area contributed by atoms with Crippen LogP contribution in [0.2, 0.25) is 0 Å². The van der Waals surface area contributed by atoms with Crippen LogP contribution < -0.4 is 15.4 Å². The molecule has 33 heavy (non-hydrogen) atoms. The van der Waals surface area contributed by atoms with Crippen LogP contribution in [-0.2, 0) is 16.1 Å². The highest BCUT2D eigenvalue weighted by atomic mass is 16.5. The molecule has 0 spiro atoms. The first-order valence-corrected chi connectivity index (χ1v) is 10.6. The Morgan fingerprint density at radius 1 is 0.879 bits per heavy atom. The quantitative estimate of drug-likeness (QED) is 0.529. The fourth-order valence-electron chi connectivity index (χ4n) is 3.09. The molecule has 3 aromatic rings. The highest BCUT2D eigenvalue weighted by molar-refractivity contribution is 5.99. The van der Waals surface area contributed by atoms with Crippen LogP contribution in [0.4, 0.5) is 5.69 Å². The summed E-state index contributed by atoms with van der Waals surface area (Å²) >= 11 is 0. The third kappa shape index (κ3) is 7.21. The van der Waals surface area contributed by atoms with Crippen molar-refractivity contribution < 1.29 is 19.1 Å². The Labute approximate surface area is 193 Å². The largest absolute Gasteiger partial charge is 0.483 e. The molecule has 7 nitrogen and oxygen atoms in total. The lowest BCUT2D eigenvalue weighted by molar-refractivity contribution is -0.129. The molecule has 0 heterocycles. The van der Waals surface area contributed by atoms with Gasteiger partial charge in [-0.05, 0) is 36.8 Å². The average Bonchev–Trinajstić information content (AvgIpc) is 2.83. The van der Waals surface area contributed by atoms with Crippen molar-refractivity contribution in [1.29, 1.82) is 0 Å². The minimum absolute atomic E-state index is 0.148. The van der Waals surface area contributed by atoms with Gasteiger partial charge < -0.3 is 20.3 Å². The third-order valence-electron chi connectivity index (χ3n) is 4.91. The van der Waals surface area contributed by atoms with Gasteiger partial charge in [0, 0.05) is 19.3 Å². The number of benzene rings is 3. The van der Waals surface area contributed by atoms with E-state index in [1.54, 1.807) is 48.3 Å². The van der Waals surface area contributed by atoms with Gasteiger partial charge >= 0.3 is 0 Å². The Morgan fingerprint density at radius 3 is 2.27 bits per heavy atom. The zero-order valence-electron chi connectivity index (χ0n) is 18.7. The second-order valence-corrected chi connectivity index (χ2v) is 7.62. The Morgan fingerprint density at radius 2 is 1.55 bits per heavy atom. The van der Waals surface area contributed by atoms with E-state index >= 15 is 0 Å². The maximum atomic E-state index is 12.7. The number of nitrogens with zero attached hydrogens (tertiary/aromatic N) is 1. The smallest absolute Gasteiger partial charge is 0.262 e. The maximum absolute atomic E-state index is 12.7. The maximum Gasteiger partial charge on any atom is 0.262 e. The number of rotatable bonds is 9. The van der Waals surface area contributed by atoms with E-state index in [2.05, 4.69) is 10.6 Å². The number of nitrogens with one attached hydrogen (secondary N) is 2. The minimum Gasteiger partial charge on any atom is -0.483 e. The second-order valence-electron chi connectivity index (χ2n) is 7.62. The number of hydrogen-bond donors (Lipinski definition) is 2. The zero-order chi connectivity index (χ0) is 23.6. The standard InChI is InChI=1S/C26H27N3O4/c1-19-12-14-21(15-13-19)28-24(30)18-33-23-11-7-6-10-22(23)26(32)27-16-25(31)29(2)17-20-8-4-3-5-9-20/h3-15H,16-18H2,1-2H3,(H,27,32)(H,28,30). The number of carbonyl (C=O) groups excluding carboxylic acids is 3. The predicted octanol–water partition coefficient (Wildman–Crippen LogP) is 3.40. The number of carbonyl (C=O) groups is 3. The summed E-state index contributed by atoms with van der Waals surface area (Å²) in [7, 11) is 1.69. The van der Waals surface area contributed by atoms with Gasteiger partial charge in [0.15, 0.2) is 6.61 Å². The first-order valence-electron chi connectivity index (χ1n) is 10.6. The van der Waals surface area contributed by atoms with Gasteiger partial charge in [0.25, 0.3) is 11.8 Å². The predicted molar refractivity (Wildman–Crippen MR) is 127 cm³/mol. The van der Waals surface area contributed by atoms with Crippen LogP contribution in [0.15, 0.2) is 78.9 Å². The van der Waals surface area contributed by atoms with Gasteiger partial charge in [-0.2, -0.15) is 0 Å². The van der Waals surface area contributed by atoms with Crippen LogP contribution in [0, 0.1) is 6.92 Å². The Bertz CT molecular complexity index is 1100. The molecule has 7 heteroatoms. The molecular weight excluding hydrogens is 418 g/mol. The van der Waals surface area contributed by atoms with Crippen molar-refractivity contribution in [3.05, 3.63) is 95.6 Å². The molecule has 3 amide bonds. The number of ether oxygens (including phenoxy) is 1. The Hall–Kier alpha value is -4.13. The summed E-state index contributed by atoms with van der Waals surface area (Å²) in [4.78, 5) is 38.8. The molecule has 0 atom stereocenters. The fourth-order valence-corrected chi connectivity index (χ4v) is 3.09. The number of hydrogen-bond acceptors (Lipinski definition) is 4. The van der Waals surface area contributed by atoms with Gasteiger partial charge in [0.1, 0.15) is 5.75 Å². The molecule has 0 bridgehead atoms. The van der Waals surface area contributed by atoms with Gasteiger partial charge in [-0.1, -0.05) is 60.2 Å². The van der Waals surface area contributed by atoms with E-state index < -0.39 is 5.91 Å². The molecule has 0 radical (unpaired) electrons. The summed E-state index contributed by atoms with van der Waals surface area (Å²) in [6, 6.07) is 23.6. The van der Waals surface area contributed by atoms with Crippen molar-refractivity contribution in [2.24, 2.45) is 0 Å². The van der Waals surface area contributed by atoms with Gasteiger partial charge in [-0.15, -0.1) is 0 Å². The molecular formula is C26H27N3O4. The van der Waals surface area contributed by atoms with Crippen LogP contribution >= 0.6 is 0 Å². The molecule has 0 saturated heterocycles.